The molecule has 0 aliphatic carbocycles. The molecule has 0 spiro atoms. The average Bonchev–Trinajstić information content (AvgIpc) is 2.97. The average molecular weight is 386 g/mol. The van der Waals surface area contributed by atoms with E-state index in [1.54, 1.807) is 0 Å². The summed E-state index contributed by atoms with van der Waals surface area (Å²) in [6.45, 7) is 8.10. The normalized spacial score (nSPS) is 18.5. The van der Waals surface area contributed by atoms with Gasteiger partial charge in [0.25, 0.3) is 0 Å². The Kier molecular flexibility index (Phi) is 5.67. The Morgan fingerprint density at radius 2 is 1.33 bits per heavy atom. The van der Waals surface area contributed by atoms with E-state index in [2.05, 4.69) is 26.8 Å². The van der Waals surface area contributed by atoms with Crippen LogP contribution in [0.15, 0.2) is 30.3 Å². The highest BCUT2D eigenvalue weighted by molar-refractivity contribution is 6.30. The van der Waals surface area contributed by atoms with Crippen molar-refractivity contribution in [1.82, 2.24) is 9.97 Å². The number of anilines is 3. The number of benzene rings is 1. The maximum absolute atomic E-state index is 6.15. The molecule has 0 unspecified atom stereocenters. The molecule has 2 saturated heterocycles. The number of halogens is 1. The second-order valence-electron chi connectivity index (χ2n) is 7.49. The first-order valence-electron chi connectivity index (χ1n) is 10.1. The van der Waals surface area contributed by atoms with Gasteiger partial charge in [-0.2, -0.15) is 0 Å². The predicted octanol–water partition coefficient (Wildman–Crippen LogP) is 4.15. The van der Waals surface area contributed by atoms with Crippen molar-refractivity contribution in [2.45, 2.75) is 32.6 Å². The van der Waals surface area contributed by atoms with Crippen LogP contribution in [0.1, 0.15) is 31.5 Å². The van der Waals surface area contributed by atoms with Gasteiger partial charge < -0.3 is 14.7 Å². The Morgan fingerprint density at radius 1 is 0.741 bits per heavy atom. The Hall–Kier alpha value is -2.01. The van der Waals surface area contributed by atoms with Gasteiger partial charge in [0, 0.05) is 56.0 Å². The summed E-state index contributed by atoms with van der Waals surface area (Å²) in [6, 6.07) is 10.3. The van der Waals surface area contributed by atoms with E-state index in [1.165, 1.54) is 31.4 Å². The van der Waals surface area contributed by atoms with Crippen molar-refractivity contribution in [3.8, 4) is 0 Å². The van der Waals surface area contributed by atoms with Gasteiger partial charge in [-0.3, -0.25) is 0 Å². The molecule has 5 nitrogen and oxygen atoms in total. The lowest BCUT2D eigenvalue weighted by molar-refractivity contribution is 0.645. The molecule has 0 saturated carbocycles. The molecule has 0 amide bonds. The van der Waals surface area contributed by atoms with Crippen LogP contribution in [-0.4, -0.2) is 49.2 Å². The van der Waals surface area contributed by atoms with Crippen molar-refractivity contribution < 1.29 is 0 Å². The second kappa shape index (κ2) is 8.34. The predicted molar refractivity (Wildman–Crippen MR) is 113 cm³/mol. The summed E-state index contributed by atoms with van der Waals surface area (Å²) in [5.74, 6) is 3.02. The number of rotatable bonds is 3. The molecule has 2 fully saturated rings. The lowest BCUT2D eigenvalue weighted by Gasteiger charge is -2.37. The van der Waals surface area contributed by atoms with Crippen LogP contribution in [0.4, 0.5) is 17.3 Å². The molecule has 0 atom stereocenters. The number of aryl methyl sites for hydroxylation is 1. The Balaban J connectivity index is 1.46. The first-order chi connectivity index (χ1) is 13.2. The molecule has 2 aromatic rings. The van der Waals surface area contributed by atoms with Crippen LogP contribution in [0.5, 0.6) is 0 Å². The van der Waals surface area contributed by atoms with Crippen molar-refractivity contribution in [3.63, 3.8) is 0 Å². The Labute approximate surface area is 167 Å². The number of hydrogen-bond acceptors (Lipinski definition) is 5. The van der Waals surface area contributed by atoms with Gasteiger partial charge >= 0.3 is 0 Å². The lowest BCUT2D eigenvalue weighted by Crippen LogP contribution is -2.47. The van der Waals surface area contributed by atoms with Gasteiger partial charge in [-0.25, -0.2) is 9.97 Å². The van der Waals surface area contributed by atoms with E-state index >= 15 is 0 Å². The maximum Gasteiger partial charge on any atom is 0.134 e. The molecular formula is C21H28ClN5. The molecule has 4 rings (SSSR count). The first-order valence-corrected chi connectivity index (χ1v) is 10.4. The van der Waals surface area contributed by atoms with E-state index in [-0.39, 0.29) is 0 Å². The third kappa shape index (κ3) is 4.46. The van der Waals surface area contributed by atoms with E-state index in [4.69, 9.17) is 21.6 Å². The zero-order valence-electron chi connectivity index (χ0n) is 16.1. The molecule has 0 radical (unpaired) electrons. The van der Waals surface area contributed by atoms with Crippen molar-refractivity contribution in [1.29, 1.82) is 0 Å². The molecule has 1 aromatic heterocycles. The number of aromatic nitrogens is 2. The zero-order chi connectivity index (χ0) is 18.6. The maximum atomic E-state index is 6.15. The topological polar surface area (TPSA) is 35.5 Å². The molecule has 0 bridgehead atoms. The highest BCUT2D eigenvalue weighted by atomic mass is 35.5. The van der Waals surface area contributed by atoms with Crippen LogP contribution in [0.2, 0.25) is 5.02 Å². The highest BCUT2D eigenvalue weighted by Crippen LogP contribution is 2.25. The van der Waals surface area contributed by atoms with Crippen LogP contribution < -0.4 is 14.7 Å². The molecule has 27 heavy (non-hydrogen) atoms. The van der Waals surface area contributed by atoms with Gasteiger partial charge in [0.15, 0.2) is 0 Å². The van der Waals surface area contributed by atoms with Gasteiger partial charge in [0.2, 0.25) is 0 Å². The fourth-order valence-corrected chi connectivity index (χ4v) is 4.21. The number of hydrogen-bond donors (Lipinski definition) is 0. The SMILES string of the molecule is Cc1nc(N2CCCCCC2)cc(N2CCN(c3cccc(Cl)c3)CC2)n1. The fraction of sp³-hybridized carbons (Fsp3) is 0.524. The third-order valence-corrected chi connectivity index (χ3v) is 5.75. The molecule has 0 N–H and O–H groups in total. The van der Waals surface area contributed by atoms with Crippen molar-refractivity contribution in [2.24, 2.45) is 0 Å². The standard InChI is InChI=1S/C21H28ClN5/c1-17-23-20(26-9-4-2-3-5-10-26)16-21(24-17)27-13-11-25(12-14-27)19-8-6-7-18(22)15-19/h6-8,15-16H,2-5,9-14H2,1H3. The summed E-state index contributed by atoms with van der Waals surface area (Å²) in [5.41, 5.74) is 1.20. The van der Waals surface area contributed by atoms with Gasteiger partial charge in [-0.15, -0.1) is 0 Å². The van der Waals surface area contributed by atoms with Crippen LogP contribution in [0, 0.1) is 6.92 Å². The molecule has 2 aliphatic heterocycles. The zero-order valence-corrected chi connectivity index (χ0v) is 16.8. The van der Waals surface area contributed by atoms with E-state index in [0.29, 0.717) is 0 Å². The molecule has 144 valence electrons. The summed E-state index contributed by atoms with van der Waals surface area (Å²) < 4.78 is 0. The van der Waals surface area contributed by atoms with Crippen molar-refractivity contribution in [3.05, 3.63) is 41.2 Å². The van der Waals surface area contributed by atoms with Crippen LogP contribution >= 0.6 is 11.6 Å². The van der Waals surface area contributed by atoms with Gasteiger partial charge in [0.1, 0.15) is 17.5 Å². The summed E-state index contributed by atoms with van der Waals surface area (Å²) in [5, 5.41) is 0.795. The smallest absolute Gasteiger partial charge is 0.134 e. The summed E-state index contributed by atoms with van der Waals surface area (Å²) in [7, 11) is 0. The van der Waals surface area contributed by atoms with Gasteiger partial charge in [0.05, 0.1) is 0 Å². The van der Waals surface area contributed by atoms with Crippen LogP contribution in [0.25, 0.3) is 0 Å². The minimum atomic E-state index is 0.795. The van der Waals surface area contributed by atoms with Crippen LogP contribution in [0.3, 0.4) is 0 Å². The minimum Gasteiger partial charge on any atom is -0.368 e. The van der Waals surface area contributed by atoms with Crippen molar-refractivity contribution in [2.75, 3.05) is 54.0 Å². The highest BCUT2D eigenvalue weighted by Gasteiger charge is 2.21. The van der Waals surface area contributed by atoms with E-state index in [9.17, 15) is 0 Å². The summed E-state index contributed by atoms with van der Waals surface area (Å²) >= 11 is 6.15. The largest absolute Gasteiger partial charge is 0.368 e. The van der Waals surface area contributed by atoms with E-state index < -0.39 is 0 Å². The van der Waals surface area contributed by atoms with Gasteiger partial charge in [-0.05, 0) is 38.0 Å². The minimum absolute atomic E-state index is 0.795. The third-order valence-electron chi connectivity index (χ3n) is 5.52. The molecule has 2 aliphatic rings. The fourth-order valence-electron chi connectivity index (χ4n) is 4.03. The van der Waals surface area contributed by atoms with Crippen LogP contribution in [-0.2, 0) is 0 Å². The summed E-state index contributed by atoms with van der Waals surface area (Å²) in [6.07, 6.45) is 5.19. The second-order valence-corrected chi connectivity index (χ2v) is 7.92. The van der Waals surface area contributed by atoms with E-state index in [1.807, 2.05) is 25.1 Å². The molecule has 3 heterocycles. The van der Waals surface area contributed by atoms with E-state index in [0.717, 1.165) is 61.8 Å². The molecule has 6 heteroatoms. The first kappa shape index (κ1) is 18.4. The number of piperazine rings is 1. The van der Waals surface area contributed by atoms with Crippen molar-refractivity contribution >= 4 is 28.9 Å². The summed E-state index contributed by atoms with van der Waals surface area (Å²) in [4.78, 5) is 16.7. The monoisotopic (exact) mass is 385 g/mol. The molecular weight excluding hydrogens is 358 g/mol. The van der Waals surface area contributed by atoms with Gasteiger partial charge in [-0.1, -0.05) is 30.5 Å². The Bertz CT molecular complexity index is 765. The molecule has 1 aromatic carbocycles. The number of nitrogens with zero attached hydrogens (tertiary/aromatic N) is 5. The Morgan fingerprint density at radius 3 is 1.96 bits per heavy atom. The lowest BCUT2D eigenvalue weighted by atomic mass is 10.2. The quantitative estimate of drug-likeness (QED) is 0.793.